The highest BCUT2D eigenvalue weighted by Gasteiger charge is 2.17. The van der Waals surface area contributed by atoms with Crippen LogP contribution in [0, 0.1) is 0 Å². The van der Waals surface area contributed by atoms with Crippen molar-refractivity contribution in [1.29, 1.82) is 0 Å². The lowest BCUT2D eigenvalue weighted by Crippen LogP contribution is -2.22. The quantitative estimate of drug-likeness (QED) is 0.280. The number of para-hydroxylation sites is 1. The minimum Gasteiger partial charge on any atom is -0.369 e. The van der Waals surface area contributed by atoms with E-state index in [2.05, 4.69) is 40.7 Å². The molecule has 0 aliphatic carbocycles. The number of hydrogen-bond acceptors (Lipinski definition) is 9. The zero-order valence-corrected chi connectivity index (χ0v) is 21.8. The van der Waals surface area contributed by atoms with Crippen molar-refractivity contribution in [3.05, 3.63) is 90.8 Å². The smallest absolute Gasteiger partial charge is 0.274 e. The maximum Gasteiger partial charge on any atom is 0.274 e. The first-order chi connectivity index (χ1) is 18.6. The van der Waals surface area contributed by atoms with Crippen LogP contribution in [0.3, 0.4) is 0 Å². The van der Waals surface area contributed by atoms with Gasteiger partial charge in [-0.1, -0.05) is 59.9 Å². The summed E-state index contributed by atoms with van der Waals surface area (Å²) in [4.78, 5) is 29.1. The second-order valence-electron chi connectivity index (χ2n) is 8.69. The van der Waals surface area contributed by atoms with E-state index in [0.717, 1.165) is 23.4 Å². The number of aromatic nitrogens is 5. The van der Waals surface area contributed by atoms with E-state index >= 15 is 0 Å². The fourth-order valence-electron chi connectivity index (χ4n) is 3.67. The first-order valence-electron chi connectivity index (χ1n) is 12.1. The van der Waals surface area contributed by atoms with Gasteiger partial charge < -0.3 is 15.5 Å². The Morgan fingerprint density at radius 1 is 0.895 bits per heavy atom. The Morgan fingerprint density at radius 3 is 2.45 bits per heavy atom. The second-order valence-corrected chi connectivity index (χ2v) is 9.66. The SMILES string of the molecule is CN(C)CCNc1cc(C(=O)Nc2ccccc2-c2nnc(-c3ccccn3)s2)nc(-c2ccccc2)n1. The Bertz CT molecular complexity index is 1520. The molecular weight excluding hydrogens is 496 g/mol. The maximum absolute atomic E-state index is 13.5. The lowest BCUT2D eigenvalue weighted by Gasteiger charge is -2.13. The molecule has 0 saturated heterocycles. The van der Waals surface area contributed by atoms with Gasteiger partial charge in [0.1, 0.15) is 22.2 Å². The van der Waals surface area contributed by atoms with E-state index < -0.39 is 0 Å². The summed E-state index contributed by atoms with van der Waals surface area (Å²) in [7, 11) is 4.01. The second kappa shape index (κ2) is 11.7. The fraction of sp³-hybridized carbons (Fsp3) is 0.143. The number of amides is 1. The zero-order valence-electron chi connectivity index (χ0n) is 21.0. The zero-order chi connectivity index (χ0) is 26.3. The molecule has 5 aromatic rings. The summed E-state index contributed by atoms with van der Waals surface area (Å²) in [5.74, 6) is 0.716. The molecule has 190 valence electrons. The highest BCUT2D eigenvalue weighted by molar-refractivity contribution is 7.17. The molecular formula is C28H26N8OS. The molecule has 0 aliphatic heterocycles. The number of nitrogens with one attached hydrogen (secondary N) is 2. The van der Waals surface area contributed by atoms with Gasteiger partial charge in [0.15, 0.2) is 10.8 Å². The predicted octanol–water partition coefficient (Wildman–Crippen LogP) is 4.95. The van der Waals surface area contributed by atoms with Crippen LogP contribution in [0.4, 0.5) is 11.5 Å². The van der Waals surface area contributed by atoms with Crippen molar-refractivity contribution in [2.45, 2.75) is 0 Å². The van der Waals surface area contributed by atoms with Crippen molar-refractivity contribution in [3.63, 3.8) is 0 Å². The van der Waals surface area contributed by atoms with Gasteiger partial charge in [-0.3, -0.25) is 9.78 Å². The molecule has 0 radical (unpaired) electrons. The molecule has 1 amide bonds. The Kier molecular flexibility index (Phi) is 7.72. The van der Waals surface area contributed by atoms with Crippen molar-refractivity contribution < 1.29 is 4.79 Å². The molecule has 10 heteroatoms. The normalized spacial score (nSPS) is 10.9. The monoisotopic (exact) mass is 522 g/mol. The molecule has 0 saturated carbocycles. The van der Waals surface area contributed by atoms with Crippen LogP contribution < -0.4 is 10.6 Å². The Hall–Kier alpha value is -4.54. The number of carbonyl (C=O) groups is 1. The maximum atomic E-state index is 13.5. The summed E-state index contributed by atoms with van der Waals surface area (Å²) in [6, 6.07) is 24.4. The van der Waals surface area contributed by atoms with Crippen molar-refractivity contribution in [1.82, 2.24) is 30.0 Å². The summed E-state index contributed by atoms with van der Waals surface area (Å²) in [6.07, 6.45) is 1.72. The Labute approximate surface area is 224 Å². The molecule has 0 spiro atoms. The van der Waals surface area contributed by atoms with Gasteiger partial charge in [0.05, 0.1) is 5.69 Å². The van der Waals surface area contributed by atoms with Gasteiger partial charge in [-0.25, -0.2) is 9.97 Å². The molecule has 0 unspecified atom stereocenters. The summed E-state index contributed by atoms with van der Waals surface area (Å²) in [5.41, 5.74) is 3.22. The van der Waals surface area contributed by atoms with E-state index in [9.17, 15) is 4.79 Å². The number of likely N-dealkylation sites (N-methyl/N-ethyl adjacent to an activating group) is 1. The van der Waals surface area contributed by atoms with Crippen LogP contribution in [-0.2, 0) is 0 Å². The van der Waals surface area contributed by atoms with Crippen LogP contribution in [-0.4, -0.2) is 63.1 Å². The third-order valence-electron chi connectivity index (χ3n) is 5.57. The van der Waals surface area contributed by atoms with Gasteiger partial charge in [0.25, 0.3) is 5.91 Å². The average molecular weight is 523 g/mol. The van der Waals surface area contributed by atoms with Gasteiger partial charge in [-0.2, -0.15) is 0 Å². The minimum absolute atomic E-state index is 0.257. The van der Waals surface area contributed by atoms with Gasteiger partial charge in [0.2, 0.25) is 0 Å². The summed E-state index contributed by atoms with van der Waals surface area (Å²) >= 11 is 1.41. The average Bonchev–Trinajstić information content (AvgIpc) is 3.44. The van der Waals surface area contributed by atoms with E-state index in [4.69, 9.17) is 0 Å². The number of anilines is 2. The fourth-order valence-corrected chi connectivity index (χ4v) is 4.53. The molecule has 9 nitrogen and oxygen atoms in total. The molecule has 0 fully saturated rings. The van der Waals surface area contributed by atoms with E-state index in [1.165, 1.54) is 11.3 Å². The molecule has 5 rings (SSSR count). The standard InChI is InChI=1S/C28H26N8OS/c1-36(2)17-16-30-24-18-23(31-25(33-24)19-10-4-3-5-11-19)26(37)32-21-13-7-6-12-20(21)27-34-35-28(38-27)22-14-8-9-15-29-22/h3-15,18H,16-17H2,1-2H3,(H,32,37)(H,30,31,33). The van der Waals surface area contributed by atoms with Gasteiger partial charge >= 0.3 is 0 Å². The van der Waals surface area contributed by atoms with E-state index in [1.807, 2.05) is 86.9 Å². The number of nitrogens with zero attached hydrogens (tertiary/aromatic N) is 6. The summed E-state index contributed by atoms with van der Waals surface area (Å²) in [6.45, 7) is 1.50. The van der Waals surface area contributed by atoms with Crippen LogP contribution in [0.15, 0.2) is 85.1 Å². The lowest BCUT2D eigenvalue weighted by atomic mass is 10.1. The highest BCUT2D eigenvalue weighted by atomic mass is 32.1. The van der Waals surface area contributed by atoms with Crippen molar-refractivity contribution in [2.75, 3.05) is 37.8 Å². The van der Waals surface area contributed by atoms with Crippen LogP contribution in [0.25, 0.3) is 32.7 Å². The first kappa shape index (κ1) is 25.1. The van der Waals surface area contributed by atoms with E-state index in [0.29, 0.717) is 33.9 Å². The molecule has 3 aromatic heterocycles. The topological polar surface area (TPSA) is 109 Å². The van der Waals surface area contributed by atoms with Crippen molar-refractivity contribution in [3.8, 4) is 32.7 Å². The van der Waals surface area contributed by atoms with Crippen molar-refractivity contribution >= 4 is 28.7 Å². The number of hydrogen-bond donors (Lipinski definition) is 2. The predicted molar refractivity (Wildman–Crippen MR) is 151 cm³/mol. The van der Waals surface area contributed by atoms with E-state index in [1.54, 1.807) is 12.3 Å². The van der Waals surface area contributed by atoms with Crippen molar-refractivity contribution in [2.24, 2.45) is 0 Å². The number of pyridine rings is 1. The van der Waals surface area contributed by atoms with Gasteiger partial charge in [0, 0.05) is 36.5 Å². The molecule has 2 N–H and O–H groups in total. The summed E-state index contributed by atoms with van der Waals surface area (Å²) in [5, 5.41) is 16.4. The molecule has 0 atom stereocenters. The van der Waals surface area contributed by atoms with Crippen LogP contribution >= 0.6 is 11.3 Å². The van der Waals surface area contributed by atoms with Gasteiger partial charge in [-0.05, 0) is 38.4 Å². The third-order valence-corrected chi connectivity index (χ3v) is 6.55. The molecule has 3 heterocycles. The third kappa shape index (κ3) is 6.05. The minimum atomic E-state index is -0.345. The number of benzene rings is 2. The number of rotatable bonds is 9. The van der Waals surface area contributed by atoms with Crippen LogP contribution in [0.5, 0.6) is 0 Å². The summed E-state index contributed by atoms with van der Waals surface area (Å²) < 4.78 is 0. The van der Waals surface area contributed by atoms with Gasteiger partial charge in [-0.15, -0.1) is 10.2 Å². The molecule has 0 aliphatic rings. The number of carbonyl (C=O) groups excluding carboxylic acids is 1. The Balaban J connectivity index is 1.43. The molecule has 38 heavy (non-hydrogen) atoms. The molecule has 0 bridgehead atoms. The van der Waals surface area contributed by atoms with Crippen LogP contribution in [0.2, 0.25) is 0 Å². The highest BCUT2D eigenvalue weighted by Crippen LogP contribution is 2.33. The largest absolute Gasteiger partial charge is 0.369 e. The lowest BCUT2D eigenvalue weighted by molar-refractivity contribution is 0.102. The van der Waals surface area contributed by atoms with E-state index in [-0.39, 0.29) is 11.6 Å². The first-order valence-corrected chi connectivity index (χ1v) is 12.9. The Morgan fingerprint density at radius 2 is 1.66 bits per heavy atom. The molecule has 2 aromatic carbocycles. The van der Waals surface area contributed by atoms with Crippen LogP contribution in [0.1, 0.15) is 10.5 Å².